The van der Waals surface area contributed by atoms with E-state index in [4.69, 9.17) is 33.5 Å². The Morgan fingerprint density at radius 2 is 2.00 bits per heavy atom. The van der Waals surface area contributed by atoms with Crippen molar-refractivity contribution in [3.63, 3.8) is 0 Å². The number of pyridine rings is 1. The second-order valence-electron chi connectivity index (χ2n) is 7.41. The fraction of sp³-hybridized carbons (Fsp3) is 0.238. The molecule has 8 nitrogen and oxygen atoms in total. The quantitative estimate of drug-likeness (QED) is 0.266. The summed E-state index contributed by atoms with van der Waals surface area (Å²) >= 11 is 13.5. The molecular weight excluding hydrogens is 471 g/mol. The first kappa shape index (κ1) is 21.0. The summed E-state index contributed by atoms with van der Waals surface area (Å²) in [5.74, 6) is -0.377. The number of aliphatic imine (C=N–C) groups is 1. The summed E-state index contributed by atoms with van der Waals surface area (Å²) in [6, 6.07) is 8.85. The van der Waals surface area contributed by atoms with Gasteiger partial charge in [0.05, 0.1) is 39.2 Å². The molecule has 11 heteroatoms. The second kappa shape index (κ2) is 8.57. The third-order valence-electron chi connectivity index (χ3n) is 5.27. The SMILES string of the molecule is Nc1c(/C([O-])=N/c2c[n+](N3CCCCC3)no2)sc2nc(-c3ccc(Cl)cc3Cl)ccc12. The molecule has 0 saturated carbocycles. The van der Waals surface area contributed by atoms with Gasteiger partial charge in [-0.15, -0.1) is 11.3 Å². The number of nitrogens with two attached hydrogens (primary N) is 1. The van der Waals surface area contributed by atoms with Gasteiger partial charge in [0.15, 0.2) is 0 Å². The van der Waals surface area contributed by atoms with E-state index in [2.05, 4.69) is 20.3 Å². The van der Waals surface area contributed by atoms with Crippen LogP contribution in [0.25, 0.3) is 21.5 Å². The van der Waals surface area contributed by atoms with Gasteiger partial charge in [-0.2, -0.15) is 5.01 Å². The number of nitrogens with zero attached hydrogens (tertiary/aromatic N) is 5. The predicted molar refractivity (Wildman–Crippen MR) is 124 cm³/mol. The van der Waals surface area contributed by atoms with E-state index in [1.54, 1.807) is 29.2 Å². The summed E-state index contributed by atoms with van der Waals surface area (Å²) in [7, 11) is 0. The molecule has 164 valence electrons. The number of rotatable bonds is 4. The zero-order chi connectivity index (χ0) is 22.2. The second-order valence-corrected chi connectivity index (χ2v) is 9.25. The first-order valence-electron chi connectivity index (χ1n) is 10.0. The summed E-state index contributed by atoms with van der Waals surface area (Å²) in [6.07, 6.45) is 5.00. The highest BCUT2D eigenvalue weighted by atomic mass is 35.5. The van der Waals surface area contributed by atoms with Gasteiger partial charge in [-0.05, 0) is 49.6 Å². The van der Waals surface area contributed by atoms with Gasteiger partial charge in [-0.25, -0.2) is 9.98 Å². The van der Waals surface area contributed by atoms with E-state index in [9.17, 15) is 5.11 Å². The molecule has 3 aromatic heterocycles. The van der Waals surface area contributed by atoms with Crippen molar-refractivity contribution < 1.29 is 14.4 Å². The molecular formula is C21H18Cl2N6O2S. The summed E-state index contributed by atoms with van der Waals surface area (Å²) < 4.78 is 5.23. The normalized spacial score (nSPS) is 14.9. The molecule has 0 aliphatic carbocycles. The Kier molecular flexibility index (Phi) is 5.62. The molecule has 5 rings (SSSR count). The van der Waals surface area contributed by atoms with Crippen LogP contribution in [0.15, 0.2) is 46.0 Å². The number of hydrogen-bond donors (Lipinski definition) is 1. The standard InChI is InChI=1S/C21H18Cl2N6O2S/c22-12-4-5-13(15(23)10-12)16-7-6-14-18(24)19(32-21(14)25-16)20(30)26-17-11-29(27-31-17)28-8-2-1-3-9-28/h4-7,10-11H,1-3,8-9H2,(H2-,24,26,27,30). The summed E-state index contributed by atoms with van der Waals surface area (Å²) in [6.45, 7) is 1.78. The van der Waals surface area contributed by atoms with Crippen molar-refractivity contribution >= 4 is 62.2 Å². The molecule has 2 N–H and O–H groups in total. The van der Waals surface area contributed by atoms with E-state index in [1.165, 1.54) is 17.8 Å². The van der Waals surface area contributed by atoms with Gasteiger partial charge in [0, 0.05) is 21.9 Å². The van der Waals surface area contributed by atoms with E-state index in [1.807, 2.05) is 12.1 Å². The minimum absolute atomic E-state index is 0.124. The highest BCUT2D eigenvalue weighted by molar-refractivity contribution is 7.21. The minimum atomic E-state index is -0.501. The molecule has 0 amide bonds. The van der Waals surface area contributed by atoms with Crippen LogP contribution in [0.2, 0.25) is 10.0 Å². The number of fused-ring (bicyclic) bond motifs is 1. The highest BCUT2D eigenvalue weighted by Gasteiger charge is 2.22. The molecule has 0 atom stereocenters. The molecule has 1 aliphatic rings. The Labute approximate surface area is 197 Å². The van der Waals surface area contributed by atoms with Gasteiger partial charge in [-0.3, -0.25) is 4.52 Å². The van der Waals surface area contributed by atoms with Crippen LogP contribution in [0.4, 0.5) is 11.6 Å². The number of thiophene rings is 1. The smallest absolute Gasteiger partial charge is 0.324 e. The maximum Gasteiger partial charge on any atom is 0.324 e. The fourth-order valence-electron chi connectivity index (χ4n) is 3.65. The zero-order valence-electron chi connectivity index (χ0n) is 16.8. The maximum absolute atomic E-state index is 12.8. The van der Waals surface area contributed by atoms with E-state index in [0.29, 0.717) is 36.5 Å². The number of hydrogen-bond acceptors (Lipinski definition) is 8. The van der Waals surface area contributed by atoms with E-state index in [-0.39, 0.29) is 5.88 Å². The van der Waals surface area contributed by atoms with Crippen molar-refractivity contribution in [3.05, 3.63) is 51.5 Å². The van der Waals surface area contributed by atoms with Crippen LogP contribution in [0.5, 0.6) is 0 Å². The van der Waals surface area contributed by atoms with Crippen molar-refractivity contribution in [3.8, 4) is 11.3 Å². The molecule has 32 heavy (non-hydrogen) atoms. The number of piperidine rings is 1. The van der Waals surface area contributed by atoms with Crippen LogP contribution < -0.4 is 20.6 Å². The lowest BCUT2D eigenvalue weighted by Crippen LogP contribution is -2.60. The van der Waals surface area contributed by atoms with Crippen molar-refractivity contribution in [2.75, 3.05) is 23.8 Å². The van der Waals surface area contributed by atoms with Gasteiger partial charge < -0.3 is 10.8 Å². The van der Waals surface area contributed by atoms with Crippen LogP contribution in [0, 0.1) is 0 Å². The number of benzene rings is 1. The van der Waals surface area contributed by atoms with Gasteiger partial charge >= 0.3 is 5.88 Å². The first-order chi connectivity index (χ1) is 15.5. The van der Waals surface area contributed by atoms with Crippen molar-refractivity contribution in [1.29, 1.82) is 0 Å². The minimum Gasteiger partial charge on any atom is -0.857 e. The van der Waals surface area contributed by atoms with Crippen LogP contribution in [-0.4, -0.2) is 29.2 Å². The third-order valence-corrected chi connectivity index (χ3v) is 6.92. The van der Waals surface area contributed by atoms with Crippen LogP contribution in [-0.2, 0) is 0 Å². The predicted octanol–water partition coefficient (Wildman–Crippen LogP) is 3.69. The van der Waals surface area contributed by atoms with Gasteiger partial charge in [0.25, 0.3) is 6.20 Å². The monoisotopic (exact) mass is 488 g/mol. The molecule has 0 spiro atoms. The highest BCUT2D eigenvalue weighted by Crippen LogP contribution is 2.36. The van der Waals surface area contributed by atoms with Crippen LogP contribution in [0.3, 0.4) is 0 Å². The molecule has 0 bridgehead atoms. The lowest BCUT2D eigenvalue weighted by Gasteiger charge is -2.17. The molecule has 0 unspecified atom stereocenters. The summed E-state index contributed by atoms with van der Waals surface area (Å²) in [5.41, 5.74) is 7.98. The Morgan fingerprint density at radius 3 is 2.78 bits per heavy atom. The molecule has 0 radical (unpaired) electrons. The van der Waals surface area contributed by atoms with Gasteiger partial charge in [-0.1, -0.05) is 23.2 Å². The van der Waals surface area contributed by atoms with Crippen molar-refractivity contribution in [2.45, 2.75) is 19.3 Å². The number of aromatic nitrogens is 3. The molecule has 1 fully saturated rings. The van der Waals surface area contributed by atoms with E-state index in [0.717, 1.165) is 31.5 Å². The van der Waals surface area contributed by atoms with Crippen LogP contribution >= 0.6 is 34.5 Å². The molecule has 4 heterocycles. The summed E-state index contributed by atoms with van der Waals surface area (Å²) in [4.78, 5) is 11.2. The average molecular weight is 489 g/mol. The summed E-state index contributed by atoms with van der Waals surface area (Å²) in [5, 5.41) is 20.6. The lowest BCUT2D eigenvalue weighted by molar-refractivity contribution is -0.759. The van der Waals surface area contributed by atoms with E-state index >= 15 is 0 Å². The Bertz CT molecular complexity index is 1330. The molecule has 1 aromatic carbocycles. The molecule has 1 aliphatic heterocycles. The van der Waals surface area contributed by atoms with Gasteiger partial charge in [0.2, 0.25) is 5.27 Å². The molecule has 4 aromatic rings. The number of nitrogen functional groups attached to an aromatic ring is 1. The Balaban J connectivity index is 1.46. The fourth-order valence-corrected chi connectivity index (χ4v) is 5.13. The zero-order valence-corrected chi connectivity index (χ0v) is 19.1. The Hall–Kier alpha value is -2.88. The number of anilines is 1. The first-order valence-corrected chi connectivity index (χ1v) is 11.6. The largest absolute Gasteiger partial charge is 0.857 e. The van der Waals surface area contributed by atoms with Crippen molar-refractivity contribution in [1.82, 2.24) is 10.3 Å². The lowest BCUT2D eigenvalue weighted by atomic mass is 10.1. The van der Waals surface area contributed by atoms with E-state index < -0.39 is 5.90 Å². The molecule has 1 saturated heterocycles. The third kappa shape index (κ3) is 3.99. The maximum atomic E-state index is 12.8. The average Bonchev–Trinajstić information content (AvgIpc) is 3.39. The number of halogens is 2. The van der Waals surface area contributed by atoms with Gasteiger partial charge in [0.1, 0.15) is 4.83 Å². The topological polar surface area (TPSA) is 107 Å². The van der Waals surface area contributed by atoms with Crippen LogP contribution in [0.1, 0.15) is 24.1 Å². The van der Waals surface area contributed by atoms with Crippen molar-refractivity contribution in [2.24, 2.45) is 4.99 Å². The Morgan fingerprint density at radius 1 is 1.19 bits per heavy atom.